The van der Waals surface area contributed by atoms with Crippen LogP contribution >= 0.6 is 0 Å². The molecule has 0 unspecified atom stereocenters. The quantitative estimate of drug-likeness (QED) is 0.594. The van der Waals surface area contributed by atoms with Crippen LogP contribution in [0.3, 0.4) is 0 Å². The van der Waals surface area contributed by atoms with Gasteiger partial charge < -0.3 is 24.8 Å². The maximum Gasteiger partial charge on any atom is 0.311 e. The van der Waals surface area contributed by atoms with Crippen LogP contribution in [-0.2, 0) is 14.3 Å². The Bertz CT molecular complexity index is 265. The Morgan fingerprint density at radius 2 is 2.00 bits per heavy atom. The van der Waals surface area contributed by atoms with Crippen molar-refractivity contribution < 1.29 is 29.6 Å². The molecular weight excluding hydrogens is 240 g/mol. The van der Waals surface area contributed by atoms with Gasteiger partial charge in [-0.2, -0.15) is 0 Å². The van der Waals surface area contributed by atoms with Gasteiger partial charge in [0.15, 0.2) is 0 Å². The molecule has 4 atom stereocenters. The summed E-state index contributed by atoms with van der Waals surface area (Å²) >= 11 is 0. The minimum atomic E-state index is -1.15. The third kappa shape index (κ3) is 3.65. The fourth-order valence-corrected chi connectivity index (χ4v) is 1.99. The monoisotopic (exact) mass is 262 g/mol. The van der Waals surface area contributed by atoms with E-state index in [4.69, 9.17) is 14.6 Å². The van der Waals surface area contributed by atoms with Crippen LogP contribution in [0.5, 0.6) is 0 Å². The molecule has 0 radical (unpaired) electrons. The molecule has 18 heavy (non-hydrogen) atoms. The minimum absolute atomic E-state index is 0.0174. The summed E-state index contributed by atoms with van der Waals surface area (Å²) in [5.41, 5.74) is 0. The van der Waals surface area contributed by atoms with E-state index in [-0.39, 0.29) is 18.3 Å². The molecule has 1 saturated heterocycles. The summed E-state index contributed by atoms with van der Waals surface area (Å²) in [5, 5.41) is 28.1. The molecule has 0 bridgehead atoms. The lowest BCUT2D eigenvalue weighted by molar-refractivity contribution is -0.253. The van der Waals surface area contributed by atoms with Gasteiger partial charge in [-0.1, -0.05) is 13.8 Å². The number of ether oxygens (including phenoxy) is 2. The van der Waals surface area contributed by atoms with Crippen molar-refractivity contribution in [3.63, 3.8) is 0 Å². The highest BCUT2D eigenvalue weighted by Gasteiger charge is 2.38. The highest BCUT2D eigenvalue weighted by molar-refractivity contribution is 5.72. The van der Waals surface area contributed by atoms with Crippen molar-refractivity contribution in [3.05, 3.63) is 0 Å². The smallest absolute Gasteiger partial charge is 0.311 e. The number of aliphatic hydroxyl groups is 3. The summed E-state index contributed by atoms with van der Waals surface area (Å²) < 4.78 is 10.4. The summed E-state index contributed by atoms with van der Waals surface area (Å²) in [6.07, 6.45) is -2.67. The van der Waals surface area contributed by atoms with E-state index in [9.17, 15) is 15.0 Å². The number of carbonyl (C=O) groups is 1. The Kier molecular flexibility index (Phi) is 6.01. The van der Waals surface area contributed by atoms with Gasteiger partial charge in [-0.05, 0) is 12.8 Å². The second kappa shape index (κ2) is 7.04. The van der Waals surface area contributed by atoms with E-state index in [2.05, 4.69) is 0 Å². The molecule has 1 aliphatic heterocycles. The van der Waals surface area contributed by atoms with Crippen LogP contribution < -0.4 is 0 Å². The highest BCUT2D eigenvalue weighted by Crippen LogP contribution is 2.22. The largest absolute Gasteiger partial charge is 0.435 e. The third-order valence-electron chi connectivity index (χ3n) is 3.28. The molecular formula is C12H22O6. The van der Waals surface area contributed by atoms with E-state index in [0.717, 1.165) is 0 Å². The zero-order chi connectivity index (χ0) is 13.7. The van der Waals surface area contributed by atoms with Crippen LogP contribution in [0, 0.1) is 5.92 Å². The molecule has 1 aliphatic rings. The van der Waals surface area contributed by atoms with Crippen molar-refractivity contribution >= 4 is 5.97 Å². The Morgan fingerprint density at radius 1 is 1.39 bits per heavy atom. The van der Waals surface area contributed by atoms with Gasteiger partial charge in [-0.15, -0.1) is 0 Å². The molecule has 0 aromatic carbocycles. The van der Waals surface area contributed by atoms with Crippen molar-refractivity contribution in [2.24, 2.45) is 5.92 Å². The molecule has 106 valence electrons. The second-order valence-corrected chi connectivity index (χ2v) is 4.53. The zero-order valence-corrected chi connectivity index (χ0v) is 10.8. The van der Waals surface area contributed by atoms with Crippen LogP contribution in [0.4, 0.5) is 0 Å². The summed E-state index contributed by atoms with van der Waals surface area (Å²) in [4.78, 5) is 11.7. The van der Waals surface area contributed by atoms with Crippen LogP contribution in [0.1, 0.15) is 33.1 Å². The summed E-state index contributed by atoms with van der Waals surface area (Å²) in [5.74, 6) is -0.560. The van der Waals surface area contributed by atoms with E-state index in [1.165, 1.54) is 0 Å². The van der Waals surface area contributed by atoms with Crippen LogP contribution in [-0.4, -0.2) is 52.5 Å². The zero-order valence-electron chi connectivity index (χ0n) is 10.8. The summed E-state index contributed by atoms with van der Waals surface area (Å²) in [6.45, 7) is 3.36. The molecule has 1 fully saturated rings. The minimum Gasteiger partial charge on any atom is -0.435 e. The first-order valence-corrected chi connectivity index (χ1v) is 6.36. The van der Waals surface area contributed by atoms with Crippen molar-refractivity contribution in [2.75, 3.05) is 6.61 Å². The average Bonchev–Trinajstić information content (AvgIpc) is 2.35. The van der Waals surface area contributed by atoms with E-state index in [1.807, 2.05) is 13.8 Å². The first kappa shape index (κ1) is 15.4. The van der Waals surface area contributed by atoms with Crippen LogP contribution in [0.15, 0.2) is 0 Å². The number of hydrogen-bond acceptors (Lipinski definition) is 6. The van der Waals surface area contributed by atoms with Gasteiger partial charge >= 0.3 is 5.97 Å². The van der Waals surface area contributed by atoms with E-state index >= 15 is 0 Å². The molecule has 0 amide bonds. The SMILES string of the molecule is CCC(CC)C(=O)O[C@@H]1C[C@@H](O)[C@H](O)[C@@H](CO)O1. The number of esters is 1. The maximum absolute atomic E-state index is 11.7. The van der Waals surface area contributed by atoms with Crippen molar-refractivity contribution in [1.29, 1.82) is 0 Å². The van der Waals surface area contributed by atoms with Crippen LogP contribution in [0.2, 0.25) is 0 Å². The normalized spacial score (nSPS) is 32.6. The van der Waals surface area contributed by atoms with Crippen molar-refractivity contribution in [2.45, 2.75) is 57.7 Å². The second-order valence-electron chi connectivity index (χ2n) is 4.53. The molecule has 3 N–H and O–H groups in total. The van der Waals surface area contributed by atoms with Gasteiger partial charge in [0, 0.05) is 6.42 Å². The van der Waals surface area contributed by atoms with Gasteiger partial charge in [-0.3, -0.25) is 4.79 Å². The molecule has 0 saturated carbocycles. The molecule has 6 heteroatoms. The fraction of sp³-hybridized carbons (Fsp3) is 0.917. The summed E-state index contributed by atoms with van der Waals surface area (Å²) in [7, 11) is 0. The number of aliphatic hydroxyl groups excluding tert-OH is 3. The standard InChI is InChI=1S/C12H22O6/c1-3-7(4-2)12(16)18-10-5-8(14)11(15)9(6-13)17-10/h7-11,13-15H,3-6H2,1-2H3/t8-,9-,10-,11+/m1/s1. The van der Waals surface area contributed by atoms with E-state index in [1.54, 1.807) is 0 Å². The maximum atomic E-state index is 11.7. The lowest BCUT2D eigenvalue weighted by Crippen LogP contribution is -2.51. The Hall–Kier alpha value is -0.690. The molecule has 1 rings (SSSR count). The van der Waals surface area contributed by atoms with Crippen molar-refractivity contribution in [1.82, 2.24) is 0 Å². The molecule has 6 nitrogen and oxygen atoms in total. The predicted octanol–water partition coefficient (Wildman–Crippen LogP) is -0.205. The Labute approximate surface area is 107 Å². The number of carbonyl (C=O) groups excluding carboxylic acids is 1. The first-order chi connectivity index (χ1) is 8.53. The fourth-order valence-electron chi connectivity index (χ4n) is 1.99. The molecule has 0 aromatic rings. The van der Waals surface area contributed by atoms with E-state index < -0.39 is 31.2 Å². The lowest BCUT2D eigenvalue weighted by Gasteiger charge is -2.36. The molecule has 1 heterocycles. The highest BCUT2D eigenvalue weighted by atomic mass is 16.7. The molecule has 0 aromatic heterocycles. The molecule has 0 spiro atoms. The Balaban J connectivity index is 2.55. The number of hydrogen-bond donors (Lipinski definition) is 3. The molecule has 0 aliphatic carbocycles. The summed E-state index contributed by atoms with van der Waals surface area (Å²) in [6, 6.07) is 0. The lowest BCUT2D eigenvalue weighted by atomic mass is 10.0. The number of rotatable bonds is 5. The predicted molar refractivity (Wildman–Crippen MR) is 62.5 cm³/mol. The van der Waals surface area contributed by atoms with Crippen molar-refractivity contribution in [3.8, 4) is 0 Å². The van der Waals surface area contributed by atoms with Gasteiger partial charge in [0.2, 0.25) is 6.29 Å². The average molecular weight is 262 g/mol. The van der Waals surface area contributed by atoms with Gasteiger partial charge in [0.25, 0.3) is 0 Å². The van der Waals surface area contributed by atoms with Gasteiger partial charge in [0.05, 0.1) is 18.6 Å². The van der Waals surface area contributed by atoms with E-state index in [0.29, 0.717) is 12.8 Å². The third-order valence-corrected chi connectivity index (χ3v) is 3.28. The van der Waals surface area contributed by atoms with Gasteiger partial charge in [-0.25, -0.2) is 0 Å². The van der Waals surface area contributed by atoms with Crippen LogP contribution in [0.25, 0.3) is 0 Å². The topological polar surface area (TPSA) is 96.2 Å². The first-order valence-electron chi connectivity index (χ1n) is 6.36. The van der Waals surface area contributed by atoms with Gasteiger partial charge in [0.1, 0.15) is 12.2 Å². The Morgan fingerprint density at radius 3 is 2.50 bits per heavy atom.